The minimum Gasteiger partial charge on any atom is -0.497 e. The molecule has 1 N–H and O–H groups in total. The first-order chi connectivity index (χ1) is 9.19. The number of likely N-dealkylation sites (N-methyl/N-ethyl adjacent to an activating group) is 1. The normalized spacial score (nSPS) is 11.0. The number of nitrogens with zero attached hydrogens (tertiary/aromatic N) is 2. The van der Waals surface area contributed by atoms with Crippen LogP contribution in [0.1, 0.15) is 31.7 Å². The molecule has 0 fully saturated rings. The molecule has 0 aromatic carbocycles. The summed E-state index contributed by atoms with van der Waals surface area (Å²) in [5.74, 6) is 0.880. The molecular weight excluding hydrogens is 238 g/mol. The molecule has 1 aromatic rings. The summed E-state index contributed by atoms with van der Waals surface area (Å²) in [7, 11) is 1.69. The smallest absolute Gasteiger partial charge is 0.122 e. The van der Waals surface area contributed by atoms with E-state index < -0.39 is 0 Å². The van der Waals surface area contributed by atoms with Gasteiger partial charge in [0.1, 0.15) is 5.75 Å². The number of methoxy groups -OCH3 is 1. The fourth-order valence-corrected chi connectivity index (χ4v) is 2.11. The first-order valence-electron chi connectivity index (χ1n) is 7.14. The number of hydrogen-bond acceptors (Lipinski definition) is 4. The van der Waals surface area contributed by atoms with Crippen LogP contribution in [0.25, 0.3) is 0 Å². The Balaban J connectivity index is 2.34. The molecule has 4 heteroatoms. The Labute approximate surface area is 117 Å². The van der Waals surface area contributed by atoms with Crippen LogP contribution in [0.5, 0.6) is 5.75 Å². The molecule has 0 atom stereocenters. The number of aryl methyl sites for hydroxylation is 1. The lowest BCUT2D eigenvalue weighted by Crippen LogP contribution is -2.32. The van der Waals surface area contributed by atoms with Gasteiger partial charge in [0.25, 0.3) is 0 Å². The fourth-order valence-electron chi connectivity index (χ4n) is 2.11. The molecule has 0 saturated heterocycles. The lowest BCUT2D eigenvalue weighted by molar-refractivity contribution is 0.287. The Morgan fingerprint density at radius 2 is 2.05 bits per heavy atom. The molecule has 108 valence electrons. The van der Waals surface area contributed by atoms with Crippen molar-refractivity contribution < 1.29 is 4.74 Å². The van der Waals surface area contributed by atoms with E-state index in [0.717, 1.165) is 43.3 Å². The SMILES string of the molecule is CCCN(CC)CCNCc1cc(OC)cc(C)n1. The van der Waals surface area contributed by atoms with Crippen LogP contribution in [-0.4, -0.2) is 43.2 Å². The zero-order chi connectivity index (χ0) is 14.1. The average molecular weight is 265 g/mol. The van der Waals surface area contributed by atoms with Crippen LogP contribution in [0.3, 0.4) is 0 Å². The molecule has 1 aromatic heterocycles. The van der Waals surface area contributed by atoms with Gasteiger partial charge in [-0.25, -0.2) is 0 Å². The standard InChI is InChI=1S/C15H27N3O/c1-5-8-18(6-2)9-7-16-12-14-11-15(19-4)10-13(3)17-14/h10-11,16H,5-9,12H2,1-4H3. The number of aromatic nitrogens is 1. The molecule has 0 amide bonds. The van der Waals surface area contributed by atoms with Gasteiger partial charge in [0, 0.05) is 37.5 Å². The highest BCUT2D eigenvalue weighted by Gasteiger charge is 2.02. The summed E-state index contributed by atoms with van der Waals surface area (Å²) in [4.78, 5) is 6.95. The number of ether oxygens (including phenoxy) is 1. The molecule has 0 bridgehead atoms. The first kappa shape index (κ1) is 15.9. The number of rotatable bonds is 9. The Morgan fingerprint density at radius 1 is 1.26 bits per heavy atom. The zero-order valence-electron chi connectivity index (χ0n) is 12.7. The largest absolute Gasteiger partial charge is 0.497 e. The van der Waals surface area contributed by atoms with Crippen LogP contribution in [0, 0.1) is 6.92 Å². The van der Waals surface area contributed by atoms with E-state index >= 15 is 0 Å². The van der Waals surface area contributed by atoms with Crippen molar-refractivity contribution in [2.24, 2.45) is 0 Å². The maximum Gasteiger partial charge on any atom is 0.122 e. The molecule has 0 aliphatic rings. The fraction of sp³-hybridized carbons (Fsp3) is 0.667. The highest BCUT2D eigenvalue weighted by molar-refractivity contribution is 5.26. The Morgan fingerprint density at radius 3 is 2.68 bits per heavy atom. The predicted molar refractivity (Wildman–Crippen MR) is 79.6 cm³/mol. The van der Waals surface area contributed by atoms with Crippen molar-refractivity contribution in [1.29, 1.82) is 0 Å². The van der Waals surface area contributed by atoms with Crippen LogP contribution in [-0.2, 0) is 6.54 Å². The van der Waals surface area contributed by atoms with Crippen molar-refractivity contribution in [2.45, 2.75) is 33.7 Å². The van der Waals surface area contributed by atoms with E-state index in [-0.39, 0.29) is 0 Å². The lowest BCUT2D eigenvalue weighted by atomic mass is 10.3. The minimum atomic E-state index is 0.793. The van der Waals surface area contributed by atoms with Crippen molar-refractivity contribution in [1.82, 2.24) is 15.2 Å². The summed E-state index contributed by atoms with van der Waals surface area (Å²) in [6.07, 6.45) is 1.21. The van der Waals surface area contributed by atoms with Gasteiger partial charge in [-0.15, -0.1) is 0 Å². The molecule has 19 heavy (non-hydrogen) atoms. The molecule has 0 unspecified atom stereocenters. The summed E-state index contributed by atoms with van der Waals surface area (Å²) < 4.78 is 5.25. The second-order valence-electron chi connectivity index (χ2n) is 4.75. The quantitative estimate of drug-likeness (QED) is 0.695. The van der Waals surface area contributed by atoms with Gasteiger partial charge in [-0.2, -0.15) is 0 Å². The number of hydrogen-bond donors (Lipinski definition) is 1. The topological polar surface area (TPSA) is 37.4 Å². The van der Waals surface area contributed by atoms with Crippen LogP contribution in [0.15, 0.2) is 12.1 Å². The highest BCUT2D eigenvalue weighted by atomic mass is 16.5. The van der Waals surface area contributed by atoms with Crippen LogP contribution < -0.4 is 10.1 Å². The van der Waals surface area contributed by atoms with E-state index in [1.54, 1.807) is 7.11 Å². The molecule has 0 aliphatic carbocycles. The van der Waals surface area contributed by atoms with Crippen LogP contribution in [0.2, 0.25) is 0 Å². The molecule has 1 rings (SSSR count). The van der Waals surface area contributed by atoms with Crippen molar-refractivity contribution in [3.63, 3.8) is 0 Å². The van der Waals surface area contributed by atoms with Gasteiger partial charge in [0.15, 0.2) is 0 Å². The highest BCUT2D eigenvalue weighted by Crippen LogP contribution is 2.12. The minimum absolute atomic E-state index is 0.793. The molecule has 0 aliphatic heterocycles. The van der Waals surface area contributed by atoms with E-state index in [9.17, 15) is 0 Å². The van der Waals surface area contributed by atoms with Gasteiger partial charge in [-0.3, -0.25) is 4.98 Å². The third-order valence-corrected chi connectivity index (χ3v) is 3.11. The van der Waals surface area contributed by atoms with Gasteiger partial charge in [-0.05, 0) is 26.4 Å². The molecule has 0 spiro atoms. The van der Waals surface area contributed by atoms with Gasteiger partial charge >= 0.3 is 0 Å². The molecule has 0 saturated carbocycles. The molecular formula is C15H27N3O. The maximum absolute atomic E-state index is 5.25. The van der Waals surface area contributed by atoms with Crippen molar-refractivity contribution >= 4 is 0 Å². The number of nitrogens with one attached hydrogen (secondary N) is 1. The van der Waals surface area contributed by atoms with Gasteiger partial charge in [-0.1, -0.05) is 13.8 Å². The summed E-state index contributed by atoms with van der Waals surface area (Å²) in [6, 6.07) is 3.94. The Hall–Kier alpha value is -1.13. The Kier molecular flexibility index (Phi) is 7.45. The molecule has 0 radical (unpaired) electrons. The first-order valence-corrected chi connectivity index (χ1v) is 7.14. The van der Waals surface area contributed by atoms with E-state index in [1.165, 1.54) is 13.0 Å². The summed E-state index contributed by atoms with van der Waals surface area (Å²) in [5.41, 5.74) is 2.03. The summed E-state index contributed by atoms with van der Waals surface area (Å²) in [6.45, 7) is 11.6. The second-order valence-corrected chi connectivity index (χ2v) is 4.75. The van der Waals surface area contributed by atoms with E-state index in [0.29, 0.717) is 0 Å². The van der Waals surface area contributed by atoms with Crippen molar-refractivity contribution in [2.75, 3.05) is 33.3 Å². The van der Waals surface area contributed by atoms with Crippen molar-refractivity contribution in [3.05, 3.63) is 23.5 Å². The zero-order valence-corrected chi connectivity index (χ0v) is 12.7. The lowest BCUT2D eigenvalue weighted by Gasteiger charge is -2.19. The van der Waals surface area contributed by atoms with Gasteiger partial charge in [0.2, 0.25) is 0 Å². The van der Waals surface area contributed by atoms with Crippen molar-refractivity contribution in [3.8, 4) is 5.75 Å². The van der Waals surface area contributed by atoms with Crippen LogP contribution >= 0.6 is 0 Å². The molecule has 4 nitrogen and oxygen atoms in total. The second kappa shape index (κ2) is 8.88. The molecule has 1 heterocycles. The van der Waals surface area contributed by atoms with Gasteiger partial charge in [0.05, 0.1) is 12.8 Å². The van der Waals surface area contributed by atoms with Gasteiger partial charge < -0.3 is 15.0 Å². The van der Waals surface area contributed by atoms with Crippen LogP contribution in [0.4, 0.5) is 0 Å². The third kappa shape index (κ3) is 6.03. The van der Waals surface area contributed by atoms with E-state index in [2.05, 4.69) is 29.0 Å². The monoisotopic (exact) mass is 265 g/mol. The maximum atomic E-state index is 5.25. The predicted octanol–water partition coefficient (Wildman–Crippen LogP) is 2.22. The number of pyridine rings is 1. The Bertz CT molecular complexity index is 368. The van der Waals surface area contributed by atoms with E-state index in [1.807, 2.05) is 19.1 Å². The average Bonchev–Trinajstić information content (AvgIpc) is 2.41. The summed E-state index contributed by atoms with van der Waals surface area (Å²) >= 11 is 0. The third-order valence-electron chi connectivity index (χ3n) is 3.11. The summed E-state index contributed by atoms with van der Waals surface area (Å²) in [5, 5.41) is 3.44. The van der Waals surface area contributed by atoms with E-state index in [4.69, 9.17) is 4.74 Å².